The SMILES string of the molecule is Cc1ccc2ncc(-c3cnn(C4CCN(CCO)CC4)c3)cc2n1. The van der Waals surface area contributed by atoms with Gasteiger partial charge in [0.15, 0.2) is 0 Å². The highest BCUT2D eigenvalue weighted by molar-refractivity contribution is 5.79. The zero-order valence-corrected chi connectivity index (χ0v) is 14.5. The highest BCUT2D eigenvalue weighted by Gasteiger charge is 2.21. The van der Waals surface area contributed by atoms with Gasteiger partial charge in [-0.05, 0) is 38.0 Å². The smallest absolute Gasteiger partial charge is 0.0896 e. The molecule has 1 fully saturated rings. The Hall–Kier alpha value is -2.31. The molecule has 0 radical (unpaired) electrons. The van der Waals surface area contributed by atoms with E-state index in [-0.39, 0.29) is 6.61 Å². The first-order valence-corrected chi connectivity index (χ1v) is 8.84. The van der Waals surface area contributed by atoms with Crippen LogP contribution < -0.4 is 0 Å². The van der Waals surface area contributed by atoms with E-state index in [1.54, 1.807) is 0 Å². The number of pyridine rings is 2. The second kappa shape index (κ2) is 6.90. The van der Waals surface area contributed by atoms with Gasteiger partial charge >= 0.3 is 0 Å². The zero-order valence-electron chi connectivity index (χ0n) is 14.5. The largest absolute Gasteiger partial charge is 0.395 e. The van der Waals surface area contributed by atoms with Gasteiger partial charge in [0.05, 0.1) is 29.9 Å². The van der Waals surface area contributed by atoms with Crippen LogP contribution in [0.3, 0.4) is 0 Å². The molecule has 4 rings (SSSR count). The van der Waals surface area contributed by atoms with Crippen molar-refractivity contribution < 1.29 is 5.11 Å². The molecule has 0 atom stereocenters. The van der Waals surface area contributed by atoms with Gasteiger partial charge in [-0.15, -0.1) is 0 Å². The summed E-state index contributed by atoms with van der Waals surface area (Å²) in [6.07, 6.45) is 8.06. The summed E-state index contributed by atoms with van der Waals surface area (Å²) < 4.78 is 2.08. The van der Waals surface area contributed by atoms with Crippen molar-refractivity contribution in [3.8, 4) is 11.1 Å². The molecule has 0 aliphatic carbocycles. The number of aliphatic hydroxyl groups is 1. The standard InChI is InChI=1S/C19H23N5O/c1-14-2-3-18-19(22-14)10-15(11-20-18)16-12-21-24(13-16)17-4-6-23(7-5-17)8-9-25/h2-3,10-13,17,25H,4-9H2,1H3. The number of aryl methyl sites for hydroxylation is 1. The van der Waals surface area contributed by atoms with Crippen molar-refractivity contribution in [2.75, 3.05) is 26.2 Å². The van der Waals surface area contributed by atoms with E-state index in [4.69, 9.17) is 5.11 Å². The number of fused-ring (bicyclic) bond motifs is 1. The molecule has 0 amide bonds. The monoisotopic (exact) mass is 337 g/mol. The van der Waals surface area contributed by atoms with Gasteiger partial charge in [-0.25, -0.2) is 0 Å². The summed E-state index contributed by atoms with van der Waals surface area (Å²) >= 11 is 0. The van der Waals surface area contributed by atoms with Gasteiger partial charge < -0.3 is 10.0 Å². The first kappa shape index (κ1) is 16.2. The number of nitrogens with zero attached hydrogens (tertiary/aromatic N) is 5. The van der Waals surface area contributed by atoms with Crippen molar-refractivity contribution in [3.05, 3.63) is 42.5 Å². The van der Waals surface area contributed by atoms with Crippen LogP contribution in [0.1, 0.15) is 24.6 Å². The lowest BCUT2D eigenvalue weighted by molar-refractivity contribution is 0.146. The molecule has 130 valence electrons. The highest BCUT2D eigenvalue weighted by Crippen LogP contribution is 2.26. The summed E-state index contributed by atoms with van der Waals surface area (Å²) in [6.45, 7) is 5.03. The maximum absolute atomic E-state index is 9.05. The molecule has 0 spiro atoms. The summed E-state index contributed by atoms with van der Waals surface area (Å²) in [5.41, 5.74) is 4.96. The van der Waals surface area contributed by atoms with Crippen LogP contribution in [0, 0.1) is 6.92 Å². The van der Waals surface area contributed by atoms with Crippen molar-refractivity contribution >= 4 is 11.0 Å². The van der Waals surface area contributed by atoms with E-state index in [2.05, 4.69) is 36.9 Å². The molecule has 1 aliphatic heterocycles. The lowest BCUT2D eigenvalue weighted by Gasteiger charge is -2.31. The van der Waals surface area contributed by atoms with Crippen molar-refractivity contribution in [2.24, 2.45) is 0 Å². The minimum atomic E-state index is 0.235. The lowest BCUT2D eigenvalue weighted by Crippen LogP contribution is -2.36. The number of hydrogen-bond donors (Lipinski definition) is 1. The average molecular weight is 337 g/mol. The molecule has 25 heavy (non-hydrogen) atoms. The number of aliphatic hydroxyl groups excluding tert-OH is 1. The fourth-order valence-electron chi connectivity index (χ4n) is 3.50. The number of β-amino-alcohol motifs (C(OH)–C–C–N with tert-alkyl or cyclic N) is 1. The Labute approximate surface area is 147 Å². The molecular weight excluding hydrogens is 314 g/mol. The Morgan fingerprint density at radius 3 is 2.76 bits per heavy atom. The molecule has 6 heteroatoms. The second-order valence-corrected chi connectivity index (χ2v) is 6.72. The van der Waals surface area contributed by atoms with Gasteiger partial charge in [0, 0.05) is 48.8 Å². The maximum atomic E-state index is 9.05. The van der Waals surface area contributed by atoms with Gasteiger partial charge in [-0.2, -0.15) is 5.10 Å². The van der Waals surface area contributed by atoms with E-state index in [0.29, 0.717) is 6.04 Å². The van der Waals surface area contributed by atoms with Gasteiger partial charge in [-0.3, -0.25) is 14.6 Å². The molecule has 3 aromatic heterocycles. The summed E-state index contributed by atoms with van der Waals surface area (Å²) in [4.78, 5) is 11.4. The molecule has 1 aliphatic rings. The van der Waals surface area contributed by atoms with Crippen LogP contribution in [0.5, 0.6) is 0 Å². The molecule has 3 aromatic rings. The molecule has 0 aromatic carbocycles. The van der Waals surface area contributed by atoms with Crippen LogP contribution in [-0.2, 0) is 0 Å². The quantitative estimate of drug-likeness (QED) is 0.792. The summed E-state index contributed by atoms with van der Waals surface area (Å²) in [5.74, 6) is 0. The van der Waals surface area contributed by atoms with Gasteiger partial charge in [-0.1, -0.05) is 0 Å². The first-order valence-electron chi connectivity index (χ1n) is 8.84. The number of likely N-dealkylation sites (tertiary alicyclic amines) is 1. The van der Waals surface area contributed by atoms with Crippen molar-refractivity contribution in [2.45, 2.75) is 25.8 Å². The molecular formula is C19H23N5O. The van der Waals surface area contributed by atoms with Crippen LogP contribution in [-0.4, -0.2) is 56.0 Å². The fraction of sp³-hybridized carbons (Fsp3) is 0.421. The molecule has 1 N–H and O–H groups in total. The first-order chi connectivity index (χ1) is 12.2. The predicted molar refractivity (Wildman–Crippen MR) is 97.3 cm³/mol. The van der Waals surface area contributed by atoms with E-state index >= 15 is 0 Å². The molecule has 0 bridgehead atoms. The Balaban J connectivity index is 1.53. The summed E-state index contributed by atoms with van der Waals surface area (Å²) in [5, 5.41) is 13.6. The molecule has 1 saturated heterocycles. The Morgan fingerprint density at radius 1 is 1.12 bits per heavy atom. The third kappa shape index (κ3) is 3.41. The van der Waals surface area contributed by atoms with Crippen LogP contribution in [0.15, 0.2) is 36.8 Å². The second-order valence-electron chi connectivity index (χ2n) is 6.72. The van der Waals surface area contributed by atoms with Gasteiger partial charge in [0.25, 0.3) is 0 Å². The van der Waals surface area contributed by atoms with E-state index in [1.807, 2.05) is 31.5 Å². The van der Waals surface area contributed by atoms with Crippen LogP contribution >= 0.6 is 0 Å². The third-order valence-corrected chi connectivity index (χ3v) is 4.96. The minimum absolute atomic E-state index is 0.235. The summed E-state index contributed by atoms with van der Waals surface area (Å²) in [6, 6.07) is 6.50. The fourth-order valence-corrected chi connectivity index (χ4v) is 3.50. The third-order valence-electron chi connectivity index (χ3n) is 4.96. The van der Waals surface area contributed by atoms with Crippen LogP contribution in [0.2, 0.25) is 0 Å². The lowest BCUT2D eigenvalue weighted by atomic mass is 10.1. The van der Waals surface area contributed by atoms with E-state index < -0.39 is 0 Å². The summed E-state index contributed by atoms with van der Waals surface area (Å²) in [7, 11) is 0. The Bertz CT molecular complexity index is 867. The minimum Gasteiger partial charge on any atom is -0.395 e. The van der Waals surface area contributed by atoms with E-state index in [1.165, 1.54) is 0 Å². The topological polar surface area (TPSA) is 67.1 Å². The van der Waals surface area contributed by atoms with E-state index in [0.717, 1.165) is 60.3 Å². The average Bonchev–Trinajstić information content (AvgIpc) is 3.12. The molecule has 0 unspecified atom stereocenters. The Morgan fingerprint density at radius 2 is 1.96 bits per heavy atom. The molecule has 4 heterocycles. The molecule has 6 nitrogen and oxygen atoms in total. The molecule has 0 saturated carbocycles. The normalized spacial score (nSPS) is 16.6. The van der Waals surface area contributed by atoms with Crippen molar-refractivity contribution in [1.82, 2.24) is 24.6 Å². The van der Waals surface area contributed by atoms with E-state index in [9.17, 15) is 0 Å². The number of hydrogen-bond acceptors (Lipinski definition) is 5. The highest BCUT2D eigenvalue weighted by atomic mass is 16.3. The number of aromatic nitrogens is 4. The number of rotatable bonds is 4. The number of piperidine rings is 1. The van der Waals surface area contributed by atoms with Crippen molar-refractivity contribution in [1.29, 1.82) is 0 Å². The van der Waals surface area contributed by atoms with Gasteiger partial charge in [0.1, 0.15) is 0 Å². The van der Waals surface area contributed by atoms with Crippen LogP contribution in [0.25, 0.3) is 22.2 Å². The Kier molecular flexibility index (Phi) is 4.46. The maximum Gasteiger partial charge on any atom is 0.0896 e. The van der Waals surface area contributed by atoms with Crippen molar-refractivity contribution in [3.63, 3.8) is 0 Å². The zero-order chi connectivity index (χ0) is 17.2. The predicted octanol–water partition coefficient (Wildman–Crippen LogP) is 2.43. The van der Waals surface area contributed by atoms with Gasteiger partial charge in [0.2, 0.25) is 0 Å². The van der Waals surface area contributed by atoms with Crippen LogP contribution in [0.4, 0.5) is 0 Å².